The molecule has 0 bridgehead atoms. The SMILES string of the molecule is O=C(CSc1nnc2sc3ccccc3n12)c1ccc2ccccc2c1. The van der Waals surface area contributed by atoms with Crippen molar-refractivity contribution in [2.24, 2.45) is 0 Å². The molecule has 6 heteroatoms. The van der Waals surface area contributed by atoms with E-state index in [-0.39, 0.29) is 5.78 Å². The fraction of sp³-hybridized carbons (Fsp3) is 0.0500. The number of hydrogen-bond acceptors (Lipinski definition) is 5. The van der Waals surface area contributed by atoms with E-state index in [1.165, 1.54) is 16.5 Å². The number of carbonyl (C=O) groups is 1. The van der Waals surface area contributed by atoms with E-state index >= 15 is 0 Å². The van der Waals surface area contributed by atoms with Gasteiger partial charge in [-0.25, -0.2) is 0 Å². The van der Waals surface area contributed by atoms with Gasteiger partial charge in [0.15, 0.2) is 10.9 Å². The van der Waals surface area contributed by atoms with Gasteiger partial charge in [-0.05, 0) is 29.0 Å². The van der Waals surface area contributed by atoms with Crippen molar-refractivity contribution >= 4 is 54.8 Å². The Morgan fingerprint density at radius 2 is 1.77 bits per heavy atom. The maximum atomic E-state index is 12.6. The average Bonchev–Trinajstić information content (AvgIpc) is 3.25. The lowest BCUT2D eigenvalue weighted by molar-refractivity contribution is 0.102. The van der Waals surface area contributed by atoms with E-state index in [1.807, 2.05) is 59.0 Å². The molecule has 0 N–H and O–H groups in total. The third-order valence-corrected chi connectivity index (χ3v) is 6.26. The molecule has 2 aromatic heterocycles. The molecule has 5 rings (SSSR count). The lowest BCUT2D eigenvalue weighted by Crippen LogP contribution is -2.03. The van der Waals surface area contributed by atoms with Crippen LogP contribution in [0, 0.1) is 0 Å². The number of carbonyl (C=O) groups excluding carboxylic acids is 1. The summed E-state index contributed by atoms with van der Waals surface area (Å²) in [6, 6.07) is 22.1. The molecule has 3 aromatic carbocycles. The Bertz CT molecular complexity index is 1270. The van der Waals surface area contributed by atoms with Crippen molar-refractivity contribution in [3.63, 3.8) is 0 Å². The van der Waals surface area contributed by atoms with E-state index in [2.05, 4.69) is 22.3 Å². The zero-order chi connectivity index (χ0) is 17.5. The third kappa shape index (κ3) is 2.58. The Morgan fingerprint density at radius 3 is 2.69 bits per heavy atom. The standard InChI is InChI=1S/C20H13N3OS2/c24-17(15-10-9-13-5-1-2-6-14(13)11-15)12-25-19-21-22-20-23(19)16-7-3-4-8-18(16)26-20/h1-11H,12H2. The molecule has 0 amide bonds. The summed E-state index contributed by atoms with van der Waals surface area (Å²) in [5.41, 5.74) is 1.81. The number of thioether (sulfide) groups is 1. The molecule has 0 radical (unpaired) electrons. The minimum absolute atomic E-state index is 0.0945. The molecule has 0 saturated carbocycles. The van der Waals surface area contributed by atoms with Crippen molar-refractivity contribution in [2.45, 2.75) is 5.16 Å². The minimum atomic E-state index is 0.0945. The number of aromatic nitrogens is 3. The molecular weight excluding hydrogens is 362 g/mol. The molecule has 4 nitrogen and oxygen atoms in total. The molecule has 2 heterocycles. The number of para-hydroxylation sites is 1. The van der Waals surface area contributed by atoms with Crippen LogP contribution in [0.5, 0.6) is 0 Å². The highest BCUT2D eigenvalue weighted by atomic mass is 32.2. The van der Waals surface area contributed by atoms with Crippen LogP contribution in [-0.4, -0.2) is 26.1 Å². The largest absolute Gasteiger partial charge is 0.293 e. The first-order valence-corrected chi connectivity index (χ1v) is 9.97. The van der Waals surface area contributed by atoms with Gasteiger partial charge < -0.3 is 0 Å². The zero-order valence-corrected chi connectivity index (χ0v) is 15.3. The van der Waals surface area contributed by atoms with E-state index < -0.39 is 0 Å². The summed E-state index contributed by atoms with van der Waals surface area (Å²) < 4.78 is 3.19. The van der Waals surface area contributed by atoms with Gasteiger partial charge >= 0.3 is 0 Å². The number of ketones is 1. The molecule has 26 heavy (non-hydrogen) atoms. The van der Waals surface area contributed by atoms with Crippen molar-refractivity contribution in [1.82, 2.24) is 14.6 Å². The molecule has 0 fully saturated rings. The van der Waals surface area contributed by atoms with Crippen LogP contribution >= 0.6 is 23.1 Å². The summed E-state index contributed by atoms with van der Waals surface area (Å²) in [4.78, 5) is 13.5. The molecule has 0 atom stereocenters. The number of Topliss-reactive ketones (excluding diaryl/α,β-unsaturated/α-hetero) is 1. The minimum Gasteiger partial charge on any atom is -0.293 e. The van der Waals surface area contributed by atoms with Crippen molar-refractivity contribution in [3.8, 4) is 0 Å². The van der Waals surface area contributed by atoms with Crippen LogP contribution in [-0.2, 0) is 0 Å². The topological polar surface area (TPSA) is 47.3 Å². The van der Waals surface area contributed by atoms with Crippen molar-refractivity contribution in [2.75, 3.05) is 5.75 Å². The van der Waals surface area contributed by atoms with Crippen LogP contribution in [0.15, 0.2) is 71.9 Å². The summed E-state index contributed by atoms with van der Waals surface area (Å²) in [5, 5.41) is 11.5. The summed E-state index contributed by atoms with van der Waals surface area (Å²) in [7, 11) is 0. The van der Waals surface area contributed by atoms with E-state index in [0.717, 1.165) is 32.0 Å². The van der Waals surface area contributed by atoms with Gasteiger partial charge in [-0.2, -0.15) is 0 Å². The molecule has 0 spiro atoms. The zero-order valence-electron chi connectivity index (χ0n) is 13.6. The summed E-state index contributed by atoms with van der Waals surface area (Å²) in [5.74, 6) is 0.431. The van der Waals surface area contributed by atoms with Gasteiger partial charge in [-0.3, -0.25) is 9.20 Å². The van der Waals surface area contributed by atoms with Crippen LogP contribution in [0.4, 0.5) is 0 Å². The second kappa shape index (κ2) is 6.23. The number of benzene rings is 3. The molecule has 0 unspecified atom stereocenters. The molecule has 126 valence electrons. The monoisotopic (exact) mass is 375 g/mol. The first-order chi connectivity index (χ1) is 12.8. The van der Waals surface area contributed by atoms with Crippen LogP contribution in [0.25, 0.3) is 25.9 Å². The summed E-state index contributed by atoms with van der Waals surface area (Å²) >= 11 is 3.04. The molecule has 0 aliphatic rings. The number of nitrogens with zero attached hydrogens (tertiary/aromatic N) is 3. The fourth-order valence-electron chi connectivity index (χ4n) is 3.03. The van der Waals surface area contributed by atoms with Crippen LogP contribution < -0.4 is 0 Å². The van der Waals surface area contributed by atoms with Crippen molar-refractivity contribution < 1.29 is 4.79 Å². The average molecular weight is 375 g/mol. The Hall–Kier alpha value is -2.70. The van der Waals surface area contributed by atoms with Crippen LogP contribution in [0.1, 0.15) is 10.4 Å². The molecular formula is C20H13N3OS2. The highest BCUT2D eigenvalue weighted by Crippen LogP contribution is 2.29. The van der Waals surface area contributed by atoms with Gasteiger partial charge in [0.1, 0.15) is 0 Å². The number of hydrogen-bond donors (Lipinski definition) is 0. The Balaban J connectivity index is 1.43. The van der Waals surface area contributed by atoms with Gasteiger partial charge in [0.05, 0.1) is 16.0 Å². The van der Waals surface area contributed by atoms with Gasteiger partial charge in [0, 0.05) is 5.56 Å². The van der Waals surface area contributed by atoms with Gasteiger partial charge in [0.2, 0.25) is 4.96 Å². The molecule has 0 saturated heterocycles. The predicted octanol–water partition coefficient (Wildman–Crippen LogP) is 5.07. The van der Waals surface area contributed by atoms with Crippen LogP contribution in [0.3, 0.4) is 0 Å². The van der Waals surface area contributed by atoms with Crippen molar-refractivity contribution in [1.29, 1.82) is 0 Å². The second-order valence-electron chi connectivity index (χ2n) is 5.94. The Kier molecular flexibility index (Phi) is 3.72. The van der Waals surface area contributed by atoms with E-state index in [4.69, 9.17) is 0 Å². The van der Waals surface area contributed by atoms with E-state index in [1.54, 1.807) is 11.3 Å². The molecule has 0 aliphatic carbocycles. The summed E-state index contributed by atoms with van der Waals surface area (Å²) in [6.45, 7) is 0. The van der Waals surface area contributed by atoms with Crippen molar-refractivity contribution in [3.05, 3.63) is 72.3 Å². The Morgan fingerprint density at radius 1 is 0.962 bits per heavy atom. The lowest BCUT2D eigenvalue weighted by atomic mass is 10.1. The molecule has 5 aromatic rings. The number of fused-ring (bicyclic) bond motifs is 4. The highest BCUT2D eigenvalue weighted by molar-refractivity contribution is 7.99. The first-order valence-electron chi connectivity index (χ1n) is 8.17. The quantitative estimate of drug-likeness (QED) is 0.325. The van der Waals surface area contributed by atoms with E-state index in [0.29, 0.717) is 5.75 Å². The number of thiazole rings is 1. The van der Waals surface area contributed by atoms with Crippen LogP contribution in [0.2, 0.25) is 0 Å². The summed E-state index contributed by atoms with van der Waals surface area (Å²) in [6.07, 6.45) is 0. The second-order valence-corrected chi connectivity index (χ2v) is 7.90. The molecule has 0 aliphatic heterocycles. The lowest BCUT2D eigenvalue weighted by Gasteiger charge is -2.03. The predicted molar refractivity (Wildman–Crippen MR) is 107 cm³/mol. The van der Waals surface area contributed by atoms with E-state index in [9.17, 15) is 4.79 Å². The normalized spacial score (nSPS) is 11.5. The maximum absolute atomic E-state index is 12.6. The van der Waals surface area contributed by atoms with Gasteiger partial charge in [0.25, 0.3) is 0 Å². The number of rotatable bonds is 4. The van der Waals surface area contributed by atoms with Gasteiger partial charge in [-0.1, -0.05) is 71.6 Å². The highest BCUT2D eigenvalue weighted by Gasteiger charge is 2.15. The maximum Gasteiger partial charge on any atom is 0.217 e. The Labute approximate surface area is 157 Å². The smallest absolute Gasteiger partial charge is 0.217 e. The fourth-order valence-corrected chi connectivity index (χ4v) is 4.89. The first kappa shape index (κ1) is 15.5. The van der Waals surface area contributed by atoms with Gasteiger partial charge in [-0.15, -0.1) is 10.2 Å². The third-order valence-electron chi connectivity index (χ3n) is 4.31.